The second kappa shape index (κ2) is 42.7. The van der Waals surface area contributed by atoms with Gasteiger partial charge in [0.25, 0.3) is 11.8 Å². The van der Waals surface area contributed by atoms with E-state index in [9.17, 15) is 4.79 Å². The van der Waals surface area contributed by atoms with Gasteiger partial charge >= 0.3 is 0 Å². The molecular formula is C69H91N7O4. The summed E-state index contributed by atoms with van der Waals surface area (Å²) in [6.45, 7) is 27.6. The van der Waals surface area contributed by atoms with Crippen LogP contribution < -0.4 is 16.4 Å². The number of ether oxygens (including phenoxy) is 2. The second-order valence-electron chi connectivity index (χ2n) is 17.9. The molecule has 11 heteroatoms. The number of allylic oxidation sites excluding steroid dienone is 17. The largest absolute Gasteiger partial charge is 0.490 e. The van der Waals surface area contributed by atoms with E-state index in [0.717, 1.165) is 35.1 Å². The highest BCUT2D eigenvalue weighted by Crippen LogP contribution is 2.30. The summed E-state index contributed by atoms with van der Waals surface area (Å²) in [6.07, 6.45) is 44.0. The van der Waals surface area contributed by atoms with E-state index in [4.69, 9.17) is 20.3 Å². The first kappa shape index (κ1) is 67.8. The minimum atomic E-state index is -0.447. The molecule has 0 spiro atoms. The van der Waals surface area contributed by atoms with Crippen molar-refractivity contribution in [1.82, 2.24) is 15.3 Å². The molecule has 3 aromatic carbocycles. The molecule has 1 aliphatic heterocycles. The lowest BCUT2D eigenvalue weighted by Gasteiger charge is -2.31. The number of nitrogens with two attached hydrogens (primary N) is 1. The highest BCUT2D eigenvalue weighted by Gasteiger charge is 2.32. The van der Waals surface area contributed by atoms with Crippen molar-refractivity contribution in [1.29, 1.82) is 0 Å². The molecule has 2 amide bonds. The van der Waals surface area contributed by atoms with Gasteiger partial charge in [-0.25, -0.2) is 0 Å². The molecule has 0 aromatic heterocycles. The summed E-state index contributed by atoms with van der Waals surface area (Å²) < 4.78 is 13.1. The number of amides is 2. The molecule has 2 atom stereocenters. The lowest BCUT2D eigenvalue weighted by molar-refractivity contribution is -0.119. The molecule has 426 valence electrons. The van der Waals surface area contributed by atoms with E-state index in [1.807, 2.05) is 187 Å². The fraction of sp³-hybridized carbons (Fsp3) is 0.304. The van der Waals surface area contributed by atoms with Crippen molar-refractivity contribution in [3.63, 3.8) is 0 Å². The van der Waals surface area contributed by atoms with Gasteiger partial charge in [0.15, 0.2) is 5.70 Å². The Morgan fingerprint density at radius 1 is 0.825 bits per heavy atom. The first-order chi connectivity index (χ1) is 39.1. The van der Waals surface area contributed by atoms with Crippen LogP contribution in [-0.4, -0.2) is 54.5 Å². The minimum Gasteiger partial charge on any atom is -0.490 e. The third-order valence-electron chi connectivity index (χ3n) is 11.8. The number of nitrogens with one attached hydrogen (secondary N) is 2. The summed E-state index contributed by atoms with van der Waals surface area (Å²) in [5.74, 6) is -0.822. The predicted octanol–water partition coefficient (Wildman–Crippen LogP) is 16.0. The number of benzene rings is 3. The Kier molecular flexibility index (Phi) is 36.2. The molecule has 2 unspecified atom stereocenters. The molecule has 0 saturated heterocycles. The molecule has 0 radical (unpaired) electrons. The Hall–Kier alpha value is -8.28. The van der Waals surface area contributed by atoms with Crippen molar-refractivity contribution >= 4 is 36.1 Å². The van der Waals surface area contributed by atoms with E-state index in [1.165, 1.54) is 0 Å². The van der Waals surface area contributed by atoms with E-state index in [1.54, 1.807) is 22.2 Å². The van der Waals surface area contributed by atoms with Gasteiger partial charge in [-0.1, -0.05) is 217 Å². The molecule has 4 rings (SSSR count). The number of hydrogen-bond donors (Lipinski definition) is 3. The maximum atomic E-state index is 15.2. The van der Waals surface area contributed by atoms with Crippen molar-refractivity contribution in [3.05, 3.63) is 252 Å². The fourth-order valence-corrected chi connectivity index (χ4v) is 7.78. The van der Waals surface area contributed by atoms with Gasteiger partial charge in [0, 0.05) is 37.4 Å². The number of hydrogen-bond acceptors (Lipinski definition) is 9. The molecule has 0 aliphatic carbocycles. The van der Waals surface area contributed by atoms with Gasteiger partial charge in [0.1, 0.15) is 18.1 Å². The van der Waals surface area contributed by atoms with Crippen molar-refractivity contribution in [3.8, 4) is 0 Å². The topological polar surface area (TPSA) is 134 Å². The van der Waals surface area contributed by atoms with Crippen LogP contribution in [0, 0.1) is 11.8 Å². The molecule has 1 aliphatic rings. The first-order valence-electron chi connectivity index (χ1n) is 28.0. The Bertz CT molecular complexity index is 2700. The first-order valence-corrected chi connectivity index (χ1v) is 28.0. The number of carbonyl (C=O) groups is 2. The Morgan fingerprint density at radius 3 is 2.12 bits per heavy atom. The summed E-state index contributed by atoms with van der Waals surface area (Å²) in [7, 11) is 0. The van der Waals surface area contributed by atoms with Crippen LogP contribution in [0.5, 0.6) is 0 Å². The van der Waals surface area contributed by atoms with E-state index < -0.39 is 11.8 Å². The average molecular weight is 1080 g/mol. The summed E-state index contributed by atoms with van der Waals surface area (Å²) in [6, 6.07) is 25.0. The SMILES string of the molecule is C=C.C=NN(Cc1ccccc1)/C(C(=O)NCc1ccc(N)cc1NC(=O)C1=C(OCc2ccccc2)C(/C=C/CC=C/C=C\CC)C=NN1CC(C)/C=C\C=C/C)=C(\CC/C=C\C=C/CC)COCC(/C=C\C=C/C)=C/C.CC. The molecule has 3 aromatic rings. The monoisotopic (exact) mass is 1080 g/mol. The van der Waals surface area contributed by atoms with Gasteiger partial charge < -0.3 is 25.8 Å². The van der Waals surface area contributed by atoms with Gasteiger partial charge in [0.2, 0.25) is 0 Å². The number of rotatable bonds is 32. The van der Waals surface area contributed by atoms with Crippen LogP contribution in [0.2, 0.25) is 0 Å². The molecule has 80 heavy (non-hydrogen) atoms. The second-order valence-corrected chi connectivity index (χ2v) is 17.9. The molecule has 1 heterocycles. The van der Waals surface area contributed by atoms with Crippen LogP contribution in [0.4, 0.5) is 11.4 Å². The van der Waals surface area contributed by atoms with Crippen LogP contribution in [0.3, 0.4) is 0 Å². The van der Waals surface area contributed by atoms with Crippen LogP contribution in [0.15, 0.2) is 246 Å². The summed E-state index contributed by atoms with van der Waals surface area (Å²) in [5, 5.41) is 19.0. The van der Waals surface area contributed by atoms with E-state index in [-0.39, 0.29) is 43.8 Å². The van der Waals surface area contributed by atoms with Crippen molar-refractivity contribution in [2.75, 3.05) is 30.8 Å². The van der Waals surface area contributed by atoms with Gasteiger partial charge in [-0.15, -0.1) is 13.2 Å². The van der Waals surface area contributed by atoms with Crippen molar-refractivity contribution in [2.24, 2.45) is 22.0 Å². The molecule has 4 N–H and O–H groups in total. The summed E-state index contributed by atoms with van der Waals surface area (Å²) >= 11 is 0. The Labute approximate surface area is 480 Å². The van der Waals surface area contributed by atoms with Crippen LogP contribution >= 0.6 is 0 Å². The third kappa shape index (κ3) is 25.9. The quantitative estimate of drug-likeness (QED) is 0.0142. The molecule has 11 nitrogen and oxygen atoms in total. The molecule has 0 saturated carbocycles. The van der Waals surface area contributed by atoms with Crippen LogP contribution in [-0.2, 0) is 38.8 Å². The standard InChI is InChI=1S/C65H81N7O4.C2H6.C2H4/c1-8-13-17-19-21-23-32-40-57-46-69-72(47-52(6)34-26-15-10-3)62(63(57)76-50-55-38-30-25-31-39-55)65(74)70-60-44-59(66)43-42-56(60)45-68-64(73)61(71(67-7)48-54-36-28-24-29-37-54)58(41-33-22-20-18-14-9-2)51-75-49-53(12-5)35-27-16-11-4;2*1-2/h10-22,24-32,34-40,42-44,46,52,57H,7-9,23,33,41,45,47-51,66H2,1-6H3,(H,68,73)(H,70,74);1-2H3;1-2H2/b15-10-,16-11-,17-13-,18-14-,21-19?,22-20-,34-26-,35-27-,40-32+,53-12+,61-58+;;. The maximum absolute atomic E-state index is 15.2. The lowest BCUT2D eigenvalue weighted by Crippen LogP contribution is -2.37. The van der Waals surface area contributed by atoms with Crippen LogP contribution in [0.1, 0.15) is 104 Å². The van der Waals surface area contributed by atoms with Gasteiger partial charge in [-0.2, -0.15) is 10.2 Å². The predicted molar refractivity (Wildman–Crippen MR) is 341 cm³/mol. The van der Waals surface area contributed by atoms with Crippen molar-refractivity contribution in [2.45, 2.75) is 107 Å². The highest BCUT2D eigenvalue weighted by molar-refractivity contribution is 6.05. The van der Waals surface area contributed by atoms with Crippen LogP contribution in [0.25, 0.3) is 0 Å². The van der Waals surface area contributed by atoms with Gasteiger partial charge in [-0.3, -0.25) is 19.6 Å². The van der Waals surface area contributed by atoms with Gasteiger partial charge in [0.05, 0.1) is 25.7 Å². The van der Waals surface area contributed by atoms with Crippen molar-refractivity contribution < 1.29 is 19.1 Å². The Balaban J connectivity index is 0.00000534. The number of carbonyl (C=O) groups excluding carboxylic acids is 2. The zero-order valence-corrected chi connectivity index (χ0v) is 49.1. The Morgan fingerprint density at radius 2 is 1.48 bits per heavy atom. The average Bonchev–Trinajstić information content (AvgIpc) is 3.49. The minimum absolute atomic E-state index is 0.00117. The third-order valence-corrected chi connectivity index (χ3v) is 11.8. The summed E-state index contributed by atoms with van der Waals surface area (Å²) in [4.78, 5) is 30.1. The number of anilines is 2. The van der Waals surface area contributed by atoms with E-state index in [0.29, 0.717) is 60.8 Å². The fourth-order valence-electron chi connectivity index (χ4n) is 7.78. The normalized spacial score (nSPS) is 14.7. The number of hydrazone groups is 2. The molecule has 0 bridgehead atoms. The zero-order chi connectivity index (χ0) is 58.6. The maximum Gasteiger partial charge on any atom is 0.277 e. The van der Waals surface area contributed by atoms with E-state index in [2.05, 4.69) is 92.8 Å². The van der Waals surface area contributed by atoms with Gasteiger partial charge in [-0.05, 0) is 98.8 Å². The molecular weight excluding hydrogens is 991 g/mol. The summed E-state index contributed by atoms with van der Waals surface area (Å²) in [5.41, 5.74) is 12.2. The smallest absolute Gasteiger partial charge is 0.277 e. The lowest BCUT2D eigenvalue weighted by atomic mass is 10.0. The number of nitrogen functional groups attached to an aromatic ring is 1. The van der Waals surface area contributed by atoms with E-state index >= 15 is 4.79 Å². The highest BCUT2D eigenvalue weighted by atomic mass is 16.5. The molecule has 0 fully saturated rings. The zero-order valence-electron chi connectivity index (χ0n) is 49.1. The number of nitrogens with zero attached hydrogens (tertiary/aromatic N) is 4.